The zero-order valence-corrected chi connectivity index (χ0v) is 7.63. The van der Waals surface area contributed by atoms with E-state index in [1.54, 1.807) is 0 Å². The molecule has 2 spiro atoms. The minimum atomic E-state index is -1.21. The first-order chi connectivity index (χ1) is 6.52. The van der Waals surface area contributed by atoms with Crippen molar-refractivity contribution in [3.8, 4) is 0 Å². The van der Waals surface area contributed by atoms with Gasteiger partial charge in [-0.3, -0.25) is 0 Å². The monoisotopic (exact) mass is 202 g/mol. The molecule has 5 heteroatoms. The summed E-state index contributed by atoms with van der Waals surface area (Å²) in [4.78, 5) is 0. The molecule has 1 heterocycles. The normalized spacial score (nSPS) is 59.1. The zero-order chi connectivity index (χ0) is 10.1. The van der Waals surface area contributed by atoms with E-state index in [9.17, 15) is 20.4 Å². The summed E-state index contributed by atoms with van der Waals surface area (Å²) < 4.78 is 5.58. The second kappa shape index (κ2) is 2.31. The fraction of sp³-hybridized carbons (Fsp3) is 1.00. The number of aliphatic hydroxyl groups excluding tert-OH is 4. The van der Waals surface area contributed by atoms with Gasteiger partial charge >= 0.3 is 0 Å². The van der Waals surface area contributed by atoms with Crippen molar-refractivity contribution in [2.24, 2.45) is 0 Å². The number of aliphatic hydroxyl groups is 4. The number of hydrogen-bond acceptors (Lipinski definition) is 5. The van der Waals surface area contributed by atoms with Crippen LogP contribution < -0.4 is 0 Å². The van der Waals surface area contributed by atoms with Gasteiger partial charge in [-0.25, -0.2) is 0 Å². The highest BCUT2D eigenvalue weighted by Gasteiger charge is 2.73. The van der Waals surface area contributed by atoms with Gasteiger partial charge in [0.25, 0.3) is 0 Å². The van der Waals surface area contributed by atoms with E-state index < -0.39 is 35.6 Å². The average Bonchev–Trinajstić information content (AvgIpc) is 3.03. The van der Waals surface area contributed by atoms with Crippen molar-refractivity contribution in [3.63, 3.8) is 0 Å². The minimum Gasteiger partial charge on any atom is -0.390 e. The lowest BCUT2D eigenvalue weighted by molar-refractivity contribution is -0.253. The Morgan fingerprint density at radius 3 is 2.00 bits per heavy atom. The van der Waals surface area contributed by atoms with Crippen LogP contribution in [0.4, 0.5) is 0 Å². The van der Waals surface area contributed by atoms with Crippen molar-refractivity contribution in [2.45, 2.75) is 54.9 Å². The predicted octanol–water partition coefficient (Wildman–Crippen LogP) is -1.86. The molecule has 3 rings (SSSR count). The van der Waals surface area contributed by atoms with Crippen LogP contribution in [0, 0.1) is 0 Å². The number of ether oxygens (including phenoxy) is 1. The van der Waals surface area contributed by atoms with Gasteiger partial charge in [-0.05, 0) is 12.8 Å². The van der Waals surface area contributed by atoms with Gasteiger partial charge in [-0.15, -0.1) is 0 Å². The highest BCUT2D eigenvalue weighted by atomic mass is 16.6. The molecule has 0 amide bonds. The molecule has 0 aromatic heterocycles. The lowest BCUT2D eigenvalue weighted by Crippen LogP contribution is -2.61. The van der Waals surface area contributed by atoms with Gasteiger partial charge in [-0.1, -0.05) is 0 Å². The Labute approximate surface area is 80.9 Å². The molecule has 3 aliphatic rings. The summed E-state index contributed by atoms with van der Waals surface area (Å²) in [5.74, 6) is 0. The van der Waals surface area contributed by atoms with Crippen LogP contribution in [0.15, 0.2) is 0 Å². The van der Waals surface area contributed by atoms with Gasteiger partial charge in [0, 0.05) is 6.42 Å². The Kier molecular flexibility index (Phi) is 1.49. The van der Waals surface area contributed by atoms with Gasteiger partial charge in [0.15, 0.2) is 0 Å². The summed E-state index contributed by atoms with van der Waals surface area (Å²) in [5.41, 5.74) is -1.70. The molecule has 80 valence electrons. The summed E-state index contributed by atoms with van der Waals surface area (Å²) in [6.07, 6.45) is -2.41. The third kappa shape index (κ3) is 0.869. The van der Waals surface area contributed by atoms with Crippen LogP contribution in [0.5, 0.6) is 0 Å². The second-order valence-electron chi connectivity index (χ2n) is 4.72. The van der Waals surface area contributed by atoms with Crippen molar-refractivity contribution >= 4 is 0 Å². The molecule has 1 aliphatic heterocycles. The average molecular weight is 202 g/mol. The Balaban J connectivity index is 1.91. The van der Waals surface area contributed by atoms with E-state index in [1.807, 2.05) is 0 Å². The molecular weight excluding hydrogens is 188 g/mol. The maximum Gasteiger partial charge on any atom is 0.126 e. The molecule has 14 heavy (non-hydrogen) atoms. The molecule has 0 aromatic rings. The first kappa shape index (κ1) is 9.06. The third-order valence-electron chi connectivity index (χ3n) is 3.74. The minimum absolute atomic E-state index is 0.347. The first-order valence-electron chi connectivity index (χ1n) is 4.94. The lowest BCUT2D eigenvalue weighted by Gasteiger charge is -2.42. The molecular formula is C9H14O5. The molecule has 5 nitrogen and oxygen atoms in total. The number of hydrogen-bond donors (Lipinski definition) is 4. The van der Waals surface area contributed by atoms with Crippen molar-refractivity contribution < 1.29 is 25.2 Å². The maximum atomic E-state index is 9.67. The van der Waals surface area contributed by atoms with Crippen molar-refractivity contribution in [3.05, 3.63) is 0 Å². The van der Waals surface area contributed by atoms with Gasteiger partial charge in [0.2, 0.25) is 0 Å². The summed E-state index contributed by atoms with van der Waals surface area (Å²) >= 11 is 0. The van der Waals surface area contributed by atoms with Crippen LogP contribution in [-0.4, -0.2) is 56.0 Å². The standard InChI is InChI=1S/C9H14O5/c10-4-3-9(4)7(13)5(11)6(12)8(14-9)1-2-8/h4-7,10-13H,1-3H2/t4?,5?,6-,7+,9?/m1/s1. The fourth-order valence-corrected chi connectivity index (χ4v) is 2.46. The Morgan fingerprint density at radius 2 is 1.57 bits per heavy atom. The quantitative estimate of drug-likeness (QED) is 0.370. The molecule has 3 unspecified atom stereocenters. The molecule has 0 radical (unpaired) electrons. The van der Waals surface area contributed by atoms with Crippen molar-refractivity contribution in [1.29, 1.82) is 0 Å². The molecule has 1 saturated heterocycles. The van der Waals surface area contributed by atoms with Gasteiger partial charge in [0.1, 0.15) is 23.9 Å². The molecule has 3 fully saturated rings. The highest BCUT2D eigenvalue weighted by molar-refractivity contribution is 5.22. The summed E-state index contributed by atoms with van der Waals surface area (Å²) in [6.45, 7) is 0. The van der Waals surface area contributed by atoms with Crippen molar-refractivity contribution in [1.82, 2.24) is 0 Å². The molecule has 0 bridgehead atoms. The largest absolute Gasteiger partial charge is 0.390 e. The zero-order valence-electron chi connectivity index (χ0n) is 7.63. The summed E-state index contributed by atoms with van der Waals surface area (Å²) in [6, 6.07) is 0. The maximum absolute atomic E-state index is 9.67. The SMILES string of the molecule is OC1[C@@H](O)C2(CC2)OC2(CC2O)[C@H]1O. The van der Waals surface area contributed by atoms with E-state index in [1.165, 1.54) is 0 Å². The fourth-order valence-electron chi connectivity index (χ4n) is 2.46. The van der Waals surface area contributed by atoms with Crippen LogP contribution in [0.3, 0.4) is 0 Å². The van der Waals surface area contributed by atoms with Crippen LogP contribution in [0.1, 0.15) is 19.3 Å². The summed E-state index contributed by atoms with van der Waals surface area (Å²) in [5, 5.41) is 38.4. The van der Waals surface area contributed by atoms with Crippen molar-refractivity contribution in [2.75, 3.05) is 0 Å². The molecule has 2 saturated carbocycles. The first-order valence-corrected chi connectivity index (χ1v) is 4.94. The summed E-state index contributed by atoms with van der Waals surface area (Å²) in [7, 11) is 0. The van der Waals surface area contributed by atoms with E-state index in [2.05, 4.69) is 0 Å². The van der Waals surface area contributed by atoms with Crippen LogP contribution in [0.2, 0.25) is 0 Å². The van der Waals surface area contributed by atoms with E-state index in [0.717, 1.165) is 0 Å². The van der Waals surface area contributed by atoms with Crippen LogP contribution in [-0.2, 0) is 4.74 Å². The third-order valence-corrected chi connectivity index (χ3v) is 3.74. The highest BCUT2D eigenvalue weighted by Crippen LogP contribution is 2.58. The molecule has 2 aliphatic carbocycles. The Bertz CT molecular complexity index is 276. The molecule has 4 N–H and O–H groups in total. The van der Waals surface area contributed by atoms with Gasteiger partial charge in [0.05, 0.1) is 11.7 Å². The second-order valence-corrected chi connectivity index (χ2v) is 4.72. The predicted molar refractivity (Wildman–Crippen MR) is 44.4 cm³/mol. The Hall–Kier alpha value is -0.200. The van der Waals surface area contributed by atoms with E-state index in [0.29, 0.717) is 19.3 Å². The smallest absolute Gasteiger partial charge is 0.126 e. The topological polar surface area (TPSA) is 90.2 Å². The number of rotatable bonds is 0. The Morgan fingerprint density at radius 1 is 1.00 bits per heavy atom. The van der Waals surface area contributed by atoms with E-state index in [-0.39, 0.29) is 0 Å². The molecule has 5 atom stereocenters. The molecule has 0 aromatic carbocycles. The van der Waals surface area contributed by atoms with Gasteiger partial charge < -0.3 is 25.2 Å². The van der Waals surface area contributed by atoms with Crippen LogP contribution >= 0.6 is 0 Å². The van der Waals surface area contributed by atoms with E-state index in [4.69, 9.17) is 4.74 Å². The van der Waals surface area contributed by atoms with Crippen LogP contribution in [0.25, 0.3) is 0 Å². The lowest BCUT2D eigenvalue weighted by atomic mass is 9.91. The van der Waals surface area contributed by atoms with Gasteiger partial charge in [-0.2, -0.15) is 0 Å². The van der Waals surface area contributed by atoms with E-state index >= 15 is 0 Å².